The molecule has 10 nitrogen and oxygen atoms in total. The van der Waals surface area contributed by atoms with E-state index in [2.05, 4.69) is 26.0 Å². The molecule has 3 aromatic rings. The van der Waals surface area contributed by atoms with Gasteiger partial charge in [0.2, 0.25) is 0 Å². The van der Waals surface area contributed by atoms with Crippen molar-refractivity contribution in [2.45, 2.75) is 18.6 Å². The number of para-hydroxylation sites is 2. The van der Waals surface area contributed by atoms with Crippen LogP contribution in [0.25, 0.3) is 0 Å². The van der Waals surface area contributed by atoms with Crippen molar-refractivity contribution in [3.63, 3.8) is 0 Å². The second-order valence-corrected chi connectivity index (χ2v) is 8.20. The maximum Gasteiger partial charge on any atom is 0.411 e. The number of nitrogens with one attached hydrogen (secondary N) is 4. The quantitative estimate of drug-likeness (QED) is 0.220. The molecule has 0 radical (unpaired) electrons. The van der Waals surface area contributed by atoms with Gasteiger partial charge >= 0.3 is 12.1 Å². The third kappa shape index (κ3) is 9.45. The van der Waals surface area contributed by atoms with Gasteiger partial charge in [-0.3, -0.25) is 5.32 Å². The molecule has 37 heavy (non-hydrogen) atoms. The van der Waals surface area contributed by atoms with E-state index >= 15 is 0 Å². The van der Waals surface area contributed by atoms with E-state index < -0.39 is 18.2 Å². The number of rotatable bonds is 12. The van der Waals surface area contributed by atoms with E-state index in [1.165, 1.54) is 7.11 Å². The zero-order valence-electron chi connectivity index (χ0n) is 20.5. The van der Waals surface area contributed by atoms with Crippen molar-refractivity contribution in [2.24, 2.45) is 0 Å². The summed E-state index contributed by atoms with van der Waals surface area (Å²) in [5, 5.41) is 31.4. The highest BCUT2D eigenvalue weighted by Gasteiger charge is 2.15. The van der Waals surface area contributed by atoms with Gasteiger partial charge in [-0.05, 0) is 48.4 Å². The van der Waals surface area contributed by atoms with Crippen LogP contribution in [0.2, 0.25) is 0 Å². The highest BCUT2D eigenvalue weighted by Crippen LogP contribution is 2.19. The van der Waals surface area contributed by atoms with Crippen LogP contribution in [-0.2, 0) is 11.2 Å². The molecule has 0 fully saturated rings. The first kappa shape index (κ1) is 27.5. The summed E-state index contributed by atoms with van der Waals surface area (Å²) >= 11 is 0. The van der Waals surface area contributed by atoms with Gasteiger partial charge < -0.3 is 35.6 Å². The lowest BCUT2D eigenvalue weighted by atomic mass is 10.0. The number of carbonyl (C=O) groups is 2. The fraction of sp³-hybridized carbons (Fsp3) is 0.259. The van der Waals surface area contributed by atoms with Crippen molar-refractivity contribution >= 4 is 29.2 Å². The van der Waals surface area contributed by atoms with Crippen LogP contribution in [0.1, 0.15) is 5.56 Å². The molecule has 0 aliphatic rings. The maximum absolute atomic E-state index is 12.6. The zero-order valence-corrected chi connectivity index (χ0v) is 20.5. The Labute approximate surface area is 215 Å². The van der Waals surface area contributed by atoms with Crippen molar-refractivity contribution in [2.75, 3.05) is 42.8 Å². The average molecular weight is 509 g/mol. The molecule has 3 aromatic carbocycles. The molecular weight excluding hydrogens is 476 g/mol. The minimum atomic E-state index is -0.766. The van der Waals surface area contributed by atoms with E-state index in [1.807, 2.05) is 42.5 Å². The minimum absolute atomic E-state index is 0.115. The minimum Gasteiger partial charge on any atom is -0.491 e. The largest absolute Gasteiger partial charge is 0.491 e. The van der Waals surface area contributed by atoms with E-state index in [-0.39, 0.29) is 25.8 Å². The van der Waals surface area contributed by atoms with Crippen LogP contribution < -0.4 is 26.0 Å². The summed E-state index contributed by atoms with van der Waals surface area (Å²) in [4.78, 5) is 24.0. The van der Waals surface area contributed by atoms with E-state index in [0.29, 0.717) is 29.2 Å². The smallest absolute Gasteiger partial charge is 0.411 e. The summed E-state index contributed by atoms with van der Waals surface area (Å²) in [7, 11) is 1.27. The molecule has 3 rings (SSSR count). The lowest BCUT2D eigenvalue weighted by Crippen LogP contribution is -2.41. The lowest BCUT2D eigenvalue weighted by Gasteiger charge is -2.21. The average Bonchev–Trinajstić information content (AvgIpc) is 2.91. The Morgan fingerprint density at radius 2 is 1.59 bits per heavy atom. The molecule has 6 N–H and O–H groups in total. The van der Waals surface area contributed by atoms with Gasteiger partial charge in [-0.25, -0.2) is 9.59 Å². The molecule has 0 heterocycles. The highest BCUT2D eigenvalue weighted by molar-refractivity contribution is 6.00. The molecule has 10 heteroatoms. The molecule has 196 valence electrons. The van der Waals surface area contributed by atoms with Gasteiger partial charge in [0.1, 0.15) is 18.5 Å². The van der Waals surface area contributed by atoms with Crippen LogP contribution in [0.4, 0.5) is 26.7 Å². The fourth-order valence-electron chi connectivity index (χ4n) is 3.49. The van der Waals surface area contributed by atoms with Gasteiger partial charge in [-0.1, -0.05) is 42.5 Å². The van der Waals surface area contributed by atoms with Gasteiger partial charge in [-0.2, -0.15) is 0 Å². The number of aliphatic hydroxyl groups is 2. The standard InChI is InChI=1S/C27H32N4O6/c1-36-27(35)30-21-10-7-9-20(15-21)29-26(34)31-25-13-6-5-8-19(25)14-22(17-32)28-16-23(33)18-37-24-11-3-2-4-12-24/h2-13,15,22-23,28,32-33H,14,16-18H2,1H3,(H,30,35)(H2,29,31,34)/t22-,23-/m0/s1. The van der Waals surface area contributed by atoms with Crippen molar-refractivity contribution in [1.29, 1.82) is 0 Å². The molecular formula is C27H32N4O6. The molecule has 0 spiro atoms. The number of amides is 3. The summed E-state index contributed by atoms with van der Waals surface area (Å²) in [6, 6.07) is 22.3. The first-order valence-corrected chi connectivity index (χ1v) is 11.8. The molecule has 0 aromatic heterocycles. The van der Waals surface area contributed by atoms with Crippen LogP contribution in [0.5, 0.6) is 5.75 Å². The number of aliphatic hydroxyl groups excluding tert-OH is 2. The maximum atomic E-state index is 12.6. The molecule has 0 saturated carbocycles. The van der Waals surface area contributed by atoms with E-state index in [0.717, 1.165) is 5.56 Å². The number of benzene rings is 3. The summed E-state index contributed by atoms with van der Waals surface area (Å²) in [5.41, 5.74) is 2.33. The van der Waals surface area contributed by atoms with Crippen LogP contribution in [-0.4, -0.2) is 61.4 Å². The van der Waals surface area contributed by atoms with Crippen LogP contribution in [0, 0.1) is 0 Å². The van der Waals surface area contributed by atoms with Crippen LogP contribution in [0.15, 0.2) is 78.9 Å². The molecule has 0 aliphatic carbocycles. The van der Waals surface area contributed by atoms with Gasteiger partial charge in [0, 0.05) is 29.6 Å². The fourth-order valence-corrected chi connectivity index (χ4v) is 3.49. The summed E-state index contributed by atoms with van der Waals surface area (Å²) in [6.45, 7) is 0.181. The number of anilines is 3. The molecule has 0 aliphatic heterocycles. The number of carbonyl (C=O) groups excluding carboxylic acids is 2. The number of hydrogen-bond donors (Lipinski definition) is 6. The van der Waals surface area contributed by atoms with Gasteiger partial charge in [0.25, 0.3) is 0 Å². The first-order chi connectivity index (χ1) is 18.0. The molecule has 3 amide bonds. The summed E-state index contributed by atoms with van der Waals surface area (Å²) in [6.07, 6.45) is -0.964. The highest BCUT2D eigenvalue weighted by atomic mass is 16.5. The Kier molecular flexibility index (Phi) is 10.7. The van der Waals surface area contributed by atoms with Crippen molar-refractivity contribution < 1.29 is 29.3 Å². The normalized spacial score (nSPS) is 12.2. The van der Waals surface area contributed by atoms with E-state index in [4.69, 9.17) is 4.74 Å². The number of ether oxygens (including phenoxy) is 2. The Balaban J connectivity index is 1.52. The predicted molar refractivity (Wildman–Crippen MR) is 142 cm³/mol. The Morgan fingerprint density at radius 3 is 2.32 bits per heavy atom. The van der Waals surface area contributed by atoms with Crippen molar-refractivity contribution in [3.05, 3.63) is 84.4 Å². The second kappa shape index (κ2) is 14.4. The van der Waals surface area contributed by atoms with Crippen LogP contribution in [0.3, 0.4) is 0 Å². The molecule has 2 atom stereocenters. The van der Waals surface area contributed by atoms with E-state index in [1.54, 1.807) is 36.4 Å². The topological polar surface area (TPSA) is 141 Å². The summed E-state index contributed by atoms with van der Waals surface area (Å²) in [5.74, 6) is 0.671. The third-order valence-electron chi connectivity index (χ3n) is 5.33. The zero-order chi connectivity index (χ0) is 26.5. The number of hydrogen-bond acceptors (Lipinski definition) is 7. The van der Waals surface area contributed by atoms with E-state index in [9.17, 15) is 19.8 Å². The van der Waals surface area contributed by atoms with Crippen LogP contribution >= 0.6 is 0 Å². The Morgan fingerprint density at radius 1 is 0.892 bits per heavy atom. The summed E-state index contributed by atoms with van der Waals surface area (Å²) < 4.78 is 10.1. The van der Waals surface area contributed by atoms with Crippen molar-refractivity contribution in [3.8, 4) is 5.75 Å². The predicted octanol–water partition coefficient (Wildman–Crippen LogP) is 3.44. The third-order valence-corrected chi connectivity index (χ3v) is 5.33. The van der Waals surface area contributed by atoms with Gasteiger partial charge in [0.05, 0.1) is 13.7 Å². The molecule has 0 bridgehead atoms. The SMILES string of the molecule is COC(=O)Nc1cccc(NC(=O)Nc2ccccc2C[C@@H](CO)NC[C@H](O)COc2ccccc2)c1. The first-order valence-electron chi connectivity index (χ1n) is 11.8. The monoisotopic (exact) mass is 508 g/mol. The van der Waals surface area contributed by atoms with Crippen molar-refractivity contribution in [1.82, 2.24) is 5.32 Å². The molecule has 0 unspecified atom stereocenters. The number of urea groups is 1. The van der Waals surface area contributed by atoms with Gasteiger partial charge in [-0.15, -0.1) is 0 Å². The molecule has 0 saturated heterocycles. The Bertz CT molecular complexity index is 1140. The van der Waals surface area contributed by atoms with Gasteiger partial charge in [0.15, 0.2) is 0 Å². The second-order valence-electron chi connectivity index (χ2n) is 8.20. The Hall–Kier alpha value is -4.12. The number of methoxy groups -OCH3 is 1. The lowest BCUT2D eigenvalue weighted by molar-refractivity contribution is 0.0997.